The predicted octanol–water partition coefficient (Wildman–Crippen LogP) is 1.30. The van der Waals surface area contributed by atoms with Gasteiger partial charge in [0, 0.05) is 6.54 Å². The number of nitrogens with zero attached hydrogens (tertiary/aromatic N) is 1. The summed E-state index contributed by atoms with van der Waals surface area (Å²) in [6, 6.07) is 0. The van der Waals surface area contributed by atoms with Gasteiger partial charge in [0.2, 0.25) is 0 Å². The first-order valence-electron chi connectivity index (χ1n) is 1.84. The van der Waals surface area contributed by atoms with Crippen LogP contribution in [0.5, 0.6) is 0 Å². The van der Waals surface area contributed by atoms with Crippen molar-refractivity contribution in [2.45, 2.75) is 6.92 Å². The fourth-order valence-electron chi connectivity index (χ4n) is 0.135. The Balaban J connectivity index is 3.34. The molecule has 0 bridgehead atoms. The van der Waals surface area contributed by atoms with Crippen LogP contribution in [-0.2, 0) is 0 Å². The van der Waals surface area contributed by atoms with Crippen molar-refractivity contribution >= 4 is 22.2 Å². The second kappa shape index (κ2) is 2.85. The van der Waals surface area contributed by atoms with E-state index in [9.17, 15) is 4.79 Å². The van der Waals surface area contributed by atoms with Gasteiger partial charge in [-0.05, 0) is 6.92 Å². The van der Waals surface area contributed by atoms with Crippen molar-refractivity contribution < 1.29 is 9.90 Å². The molecule has 1 amide bonds. The second-order valence-electron chi connectivity index (χ2n) is 0.961. The standard InChI is InChI=1S/C3H6BrNO2/c1-2-5(4)3(6)7/h2H2,1H3,(H,6,7). The summed E-state index contributed by atoms with van der Waals surface area (Å²) in [5, 5.41) is 8.06. The highest BCUT2D eigenvalue weighted by Gasteiger charge is 2.00. The Morgan fingerprint density at radius 2 is 2.43 bits per heavy atom. The molecule has 0 aromatic heterocycles. The lowest BCUT2D eigenvalue weighted by molar-refractivity contribution is 0.178. The first-order chi connectivity index (χ1) is 3.18. The van der Waals surface area contributed by atoms with Crippen molar-refractivity contribution in [3.63, 3.8) is 0 Å². The Bertz CT molecular complexity index is 75.3. The maximum absolute atomic E-state index is 9.81. The molecular formula is C3H6BrNO2. The van der Waals surface area contributed by atoms with Crippen molar-refractivity contribution in [3.8, 4) is 0 Å². The molecule has 0 heterocycles. The summed E-state index contributed by atoms with van der Waals surface area (Å²) in [7, 11) is 0. The first kappa shape index (κ1) is 6.75. The van der Waals surface area contributed by atoms with E-state index in [4.69, 9.17) is 5.11 Å². The van der Waals surface area contributed by atoms with Crippen molar-refractivity contribution in [1.82, 2.24) is 3.93 Å². The largest absolute Gasteiger partial charge is 0.464 e. The third-order valence-electron chi connectivity index (χ3n) is 0.485. The van der Waals surface area contributed by atoms with Gasteiger partial charge in [0.05, 0.1) is 16.1 Å². The molecule has 0 saturated heterocycles. The van der Waals surface area contributed by atoms with Gasteiger partial charge in [-0.25, -0.2) is 8.72 Å². The molecule has 0 unspecified atom stereocenters. The predicted molar refractivity (Wildman–Crippen MR) is 29.3 cm³/mol. The van der Waals surface area contributed by atoms with Gasteiger partial charge in [-0.15, -0.1) is 0 Å². The van der Waals surface area contributed by atoms with Crippen molar-refractivity contribution in [1.29, 1.82) is 0 Å². The molecule has 0 aliphatic rings. The molecule has 0 saturated carbocycles. The van der Waals surface area contributed by atoms with Gasteiger partial charge in [0.25, 0.3) is 0 Å². The Hall–Kier alpha value is -0.250. The number of hydrogen-bond donors (Lipinski definition) is 1. The Morgan fingerprint density at radius 1 is 2.00 bits per heavy atom. The number of carboxylic acid groups (broad SMARTS) is 1. The van der Waals surface area contributed by atoms with Crippen LogP contribution in [0.2, 0.25) is 0 Å². The van der Waals surface area contributed by atoms with Gasteiger partial charge in [-0.3, -0.25) is 0 Å². The van der Waals surface area contributed by atoms with Gasteiger partial charge in [0.1, 0.15) is 0 Å². The molecule has 4 heteroatoms. The van der Waals surface area contributed by atoms with E-state index in [0.717, 1.165) is 3.93 Å². The number of hydrogen-bond acceptors (Lipinski definition) is 1. The summed E-state index contributed by atoms with van der Waals surface area (Å²) >= 11 is 2.77. The minimum atomic E-state index is -0.956. The maximum atomic E-state index is 9.81. The molecule has 0 rings (SSSR count). The average molecular weight is 168 g/mol. The summed E-state index contributed by atoms with van der Waals surface area (Å²) in [4.78, 5) is 9.81. The van der Waals surface area contributed by atoms with E-state index in [1.807, 2.05) is 0 Å². The first-order valence-corrected chi connectivity index (χ1v) is 2.55. The lowest BCUT2D eigenvalue weighted by atomic mass is 10.8. The monoisotopic (exact) mass is 167 g/mol. The normalized spacial score (nSPS) is 8.29. The Labute approximate surface area is 50.3 Å². The van der Waals surface area contributed by atoms with E-state index >= 15 is 0 Å². The zero-order valence-corrected chi connectivity index (χ0v) is 5.47. The molecule has 0 aromatic rings. The summed E-state index contributed by atoms with van der Waals surface area (Å²) < 4.78 is 1.02. The number of halogens is 1. The minimum Gasteiger partial charge on any atom is -0.464 e. The van der Waals surface area contributed by atoms with E-state index < -0.39 is 6.09 Å². The zero-order valence-electron chi connectivity index (χ0n) is 3.89. The topological polar surface area (TPSA) is 40.5 Å². The highest BCUT2D eigenvalue weighted by atomic mass is 79.9. The van der Waals surface area contributed by atoms with Gasteiger partial charge < -0.3 is 5.11 Å². The van der Waals surface area contributed by atoms with Crippen LogP contribution in [0.25, 0.3) is 0 Å². The van der Waals surface area contributed by atoms with E-state index in [-0.39, 0.29) is 0 Å². The SMILES string of the molecule is CCN(Br)C(=O)O. The maximum Gasteiger partial charge on any atom is 0.417 e. The van der Waals surface area contributed by atoms with Gasteiger partial charge >= 0.3 is 6.09 Å². The summed E-state index contributed by atoms with van der Waals surface area (Å²) in [6.45, 7) is 2.21. The van der Waals surface area contributed by atoms with Crippen molar-refractivity contribution in [3.05, 3.63) is 0 Å². The van der Waals surface area contributed by atoms with E-state index in [0.29, 0.717) is 6.54 Å². The van der Waals surface area contributed by atoms with Crippen LogP contribution < -0.4 is 0 Å². The van der Waals surface area contributed by atoms with E-state index in [1.54, 1.807) is 6.92 Å². The molecule has 0 radical (unpaired) electrons. The molecule has 3 nitrogen and oxygen atoms in total. The van der Waals surface area contributed by atoms with E-state index in [2.05, 4.69) is 16.1 Å². The summed E-state index contributed by atoms with van der Waals surface area (Å²) in [5.74, 6) is 0. The molecule has 42 valence electrons. The molecular weight excluding hydrogens is 162 g/mol. The van der Waals surface area contributed by atoms with Crippen molar-refractivity contribution in [2.75, 3.05) is 6.54 Å². The van der Waals surface area contributed by atoms with Gasteiger partial charge in [0.15, 0.2) is 0 Å². The van der Waals surface area contributed by atoms with E-state index in [1.165, 1.54) is 0 Å². The zero-order chi connectivity index (χ0) is 5.86. The quantitative estimate of drug-likeness (QED) is 0.599. The summed E-state index contributed by atoms with van der Waals surface area (Å²) in [6.07, 6.45) is -0.956. The van der Waals surface area contributed by atoms with Gasteiger partial charge in [-0.1, -0.05) is 0 Å². The third-order valence-corrected chi connectivity index (χ3v) is 1.29. The number of carbonyl (C=O) groups is 1. The summed E-state index contributed by atoms with van der Waals surface area (Å²) in [5.41, 5.74) is 0. The molecule has 0 aliphatic heterocycles. The minimum absolute atomic E-state index is 0.468. The molecule has 0 spiro atoms. The molecule has 0 atom stereocenters. The van der Waals surface area contributed by atoms with Crippen LogP contribution in [0.1, 0.15) is 6.92 Å². The molecule has 1 N–H and O–H groups in total. The van der Waals surface area contributed by atoms with Crippen LogP contribution in [0.3, 0.4) is 0 Å². The van der Waals surface area contributed by atoms with Crippen LogP contribution in [0, 0.1) is 0 Å². The molecule has 0 aliphatic carbocycles. The third kappa shape index (κ3) is 2.45. The average Bonchev–Trinajstić information content (AvgIpc) is 1.65. The smallest absolute Gasteiger partial charge is 0.417 e. The molecule has 0 fully saturated rings. The Morgan fingerprint density at radius 3 is 2.43 bits per heavy atom. The second-order valence-corrected chi connectivity index (χ2v) is 1.82. The molecule has 0 aromatic carbocycles. The highest BCUT2D eigenvalue weighted by molar-refractivity contribution is 9.07. The number of rotatable bonds is 1. The highest BCUT2D eigenvalue weighted by Crippen LogP contribution is 1.94. The fraction of sp³-hybridized carbons (Fsp3) is 0.667. The van der Waals surface area contributed by atoms with Crippen LogP contribution >= 0.6 is 16.1 Å². The molecule has 7 heavy (non-hydrogen) atoms. The van der Waals surface area contributed by atoms with Gasteiger partial charge in [-0.2, -0.15) is 0 Å². The lowest BCUT2D eigenvalue weighted by Crippen LogP contribution is -2.16. The Kier molecular flexibility index (Phi) is 2.75. The van der Waals surface area contributed by atoms with Crippen LogP contribution in [-0.4, -0.2) is 21.7 Å². The van der Waals surface area contributed by atoms with Crippen LogP contribution in [0.15, 0.2) is 0 Å². The lowest BCUT2D eigenvalue weighted by Gasteiger charge is -2.02. The van der Waals surface area contributed by atoms with Crippen LogP contribution in [0.4, 0.5) is 4.79 Å². The fourth-order valence-corrected chi connectivity index (χ4v) is 0.135. The van der Waals surface area contributed by atoms with Crippen molar-refractivity contribution in [2.24, 2.45) is 0 Å². The number of amides is 1.